The Kier molecular flexibility index (Phi) is 5.39. The van der Waals surface area contributed by atoms with Crippen LogP contribution in [0.25, 0.3) is 0 Å². The predicted molar refractivity (Wildman–Crippen MR) is 56.1 cm³/mol. The van der Waals surface area contributed by atoms with E-state index in [-0.39, 0.29) is 0 Å². The Bertz CT molecular complexity index is 127. The summed E-state index contributed by atoms with van der Waals surface area (Å²) in [5, 5.41) is 1.19. The molecule has 0 aliphatic rings. The minimum Gasteiger partial charge on any atom is -0.151 e. The summed E-state index contributed by atoms with van der Waals surface area (Å²) in [5.41, 5.74) is 0. The quantitative estimate of drug-likeness (QED) is 0.569. The molecule has 0 aliphatic heterocycles. The molecule has 0 aromatic carbocycles. The third-order valence-corrected chi connectivity index (χ3v) is 3.03. The lowest BCUT2D eigenvalue weighted by atomic mass is 10.1. The Labute approximate surface area is 74.8 Å². The second-order valence-electron chi connectivity index (χ2n) is 2.98. The average Bonchev–Trinajstić information content (AvgIpc) is 1.98. The topological polar surface area (TPSA) is 0 Å². The van der Waals surface area contributed by atoms with E-state index >= 15 is 0 Å². The molecule has 2 unspecified atom stereocenters. The highest BCUT2D eigenvalue weighted by Gasteiger charge is 2.12. The van der Waals surface area contributed by atoms with E-state index in [2.05, 4.69) is 33.9 Å². The molecule has 11 heavy (non-hydrogen) atoms. The molecule has 0 aliphatic carbocycles. The van der Waals surface area contributed by atoms with E-state index in [4.69, 9.17) is 0 Å². The minimum absolute atomic E-state index is 0.521. The molecule has 0 saturated carbocycles. The number of thioether (sulfide) groups is 1. The first kappa shape index (κ1) is 10.8. The molecule has 0 aromatic heterocycles. The summed E-state index contributed by atoms with van der Waals surface area (Å²) < 4.78 is 0. The molecule has 0 N–H and O–H groups in total. The summed E-state index contributed by atoms with van der Waals surface area (Å²) in [5.74, 6) is 0.528. The van der Waals surface area contributed by atoms with E-state index in [0.29, 0.717) is 16.4 Å². The van der Waals surface area contributed by atoms with Crippen LogP contribution < -0.4 is 0 Å². The van der Waals surface area contributed by atoms with Gasteiger partial charge in [-0.15, -0.1) is 13.2 Å². The van der Waals surface area contributed by atoms with Gasteiger partial charge in [0.2, 0.25) is 0 Å². The molecule has 1 heteroatoms. The van der Waals surface area contributed by atoms with Gasteiger partial charge in [-0.25, -0.2) is 0 Å². The van der Waals surface area contributed by atoms with Crippen molar-refractivity contribution in [2.75, 3.05) is 0 Å². The van der Waals surface area contributed by atoms with E-state index in [1.807, 2.05) is 23.9 Å². The SMILES string of the molecule is C=CC(C)C(C=C)SC(C)C. The molecule has 0 fully saturated rings. The number of hydrogen-bond donors (Lipinski definition) is 0. The highest BCUT2D eigenvalue weighted by Crippen LogP contribution is 2.25. The molecule has 0 spiro atoms. The zero-order valence-corrected chi connectivity index (χ0v) is 8.53. The van der Waals surface area contributed by atoms with Crippen LogP contribution in [0.3, 0.4) is 0 Å². The smallest absolute Gasteiger partial charge is 0.0287 e. The van der Waals surface area contributed by atoms with Crippen molar-refractivity contribution in [2.45, 2.75) is 31.3 Å². The van der Waals surface area contributed by atoms with Crippen LogP contribution in [0.2, 0.25) is 0 Å². The Morgan fingerprint density at radius 3 is 1.91 bits per heavy atom. The van der Waals surface area contributed by atoms with Crippen molar-refractivity contribution in [1.82, 2.24) is 0 Å². The first-order valence-corrected chi connectivity index (χ1v) is 4.96. The fourth-order valence-electron chi connectivity index (χ4n) is 0.843. The Hall–Kier alpha value is -0.170. The Morgan fingerprint density at radius 1 is 1.09 bits per heavy atom. The molecule has 0 rings (SSSR count). The highest BCUT2D eigenvalue weighted by molar-refractivity contribution is 8.00. The molecule has 0 saturated heterocycles. The van der Waals surface area contributed by atoms with Gasteiger partial charge in [0.1, 0.15) is 0 Å². The average molecular weight is 170 g/mol. The fourth-order valence-corrected chi connectivity index (χ4v) is 1.94. The van der Waals surface area contributed by atoms with Gasteiger partial charge in [0, 0.05) is 5.25 Å². The summed E-state index contributed by atoms with van der Waals surface area (Å²) in [6.45, 7) is 14.2. The van der Waals surface area contributed by atoms with Gasteiger partial charge >= 0.3 is 0 Å². The number of allylic oxidation sites excluding steroid dienone is 1. The molecule has 0 amide bonds. The molecular weight excluding hydrogens is 152 g/mol. The lowest BCUT2D eigenvalue weighted by Crippen LogP contribution is -2.11. The van der Waals surface area contributed by atoms with Gasteiger partial charge < -0.3 is 0 Å². The van der Waals surface area contributed by atoms with Crippen molar-refractivity contribution < 1.29 is 0 Å². The molecule has 0 aromatic rings. The Morgan fingerprint density at radius 2 is 1.64 bits per heavy atom. The minimum atomic E-state index is 0.521. The van der Waals surface area contributed by atoms with E-state index in [0.717, 1.165) is 0 Å². The van der Waals surface area contributed by atoms with Crippen LogP contribution >= 0.6 is 11.8 Å². The van der Waals surface area contributed by atoms with Gasteiger partial charge in [-0.2, -0.15) is 11.8 Å². The van der Waals surface area contributed by atoms with E-state index in [9.17, 15) is 0 Å². The van der Waals surface area contributed by atoms with Crippen LogP contribution in [-0.4, -0.2) is 10.5 Å². The molecule has 0 nitrogen and oxygen atoms in total. The van der Waals surface area contributed by atoms with Crippen LogP contribution in [0.5, 0.6) is 0 Å². The second-order valence-corrected chi connectivity index (χ2v) is 4.74. The van der Waals surface area contributed by atoms with Crippen molar-refractivity contribution in [3.63, 3.8) is 0 Å². The molecule has 0 bridgehead atoms. The summed E-state index contributed by atoms with van der Waals surface area (Å²) in [6.07, 6.45) is 4.00. The molecular formula is C10H18S. The maximum Gasteiger partial charge on any atom is 0.0287 e. The van der Waals surface area contributed by atoms with Crippen LogP contribution in [0.15, 0.2) is 25.3 Å². The summed E-state index contributed by atoms with van der Waals surface area (Å²) in [6, 6.07) is 0. The molecule has 2 atom stereocenters. The normalized spacial score (nSPS) is 16.0. The maximum atomic E-state index is 3.81. The number of hydrogen-bond acceptors (Lipinski definition) is 1. The summed E-state index contributed by atoms with van der Waals surface area (Å²) in [7, 11) is 0. The number of rotatable bonds is 5. The molecule has 0 radical (unpaired) electrons. The summed E-state index contributed by atoms with van der Waals surface area (Å²) >= 11 is 1.94. The highest BCUT2D eigenvalue weighted by atomic mass is 32.2. The Balaban J connectivity index is 3.93. The lowest BCUT2D eigenvalue weighted by Gasteiger charge is -2.18. The third-order valence-electron chi connectivity index (χ3n) is 1.55. The standard InChI is InChI=1S/C10H18S/c1-6-9(5)10(7-2)11-8(3)4/h6-10H,1-2H2,3-5H3. The maximum absolute atomic E-state index is 3.81. The van der Waals surface area contributed by atoms with Crippen LogP contribution in [0.1, 0.15) is 20.8 Å². The zero-order valence-electron chi connectivity index (χ0n) is 7.71. The van der Waals surface area contributed by atoms with Crippen LogP contribution in [0, 0.1) is 5.92 Å². The largest absolute Gasteiger partial charge is 0.151 e. The first-order valence-electron chi connectivity index (χ1n) is 4.02. The predicted octanol–water partition coefficient (Wildman–Crippen LogP) is 3.50. The first-order chi connectivity index (χ1) is 5.11. The molecule has 64 valence electrons. The van der Waals surface area contributed by atoms with E-state index in [1.165, 1.54) is 0 Å². The van der Waals surface area contributed by atoms with Crippen molar-refractivity contribution in [1.29, 1.82) is 0 Å². The van der Waals surface area contributed by atoms with Crippen molar-refractivity contribution in [2.24, 2.45) is 5.92 Å². The fraction of sp³-hybridized carbons (Fsp3) is 0.600. The van der Waals surface area contributed by atoms with E-state index in [1.54, 1.807) is 0 Å². The van der Waals surface area contributed by atoms with Crippen molar-refractivity contribution in [3.8, 4) is 0 Å². The van der Waals surface area contributed by atoms with Gasteiger partial charge in [0.05, 0.1) is 0 Å². The lowest BCUT2D eigenvalue weighted by molar-refractivity contribution is 0.760. The van der Waals surface area contributed by atoms with Gasteiger partial charge in [-0.05, 0) is 11.2 Å². The van der Waals surface area contributed by atoms with Gasteiger partial charge in [0.25, 0.3) is 0 Å². The van der Waals surface area contributed by atoms with Gasteiger partial charge in [-0.3, -0.25) is 0 Å². The molecule has 0 heterocycles. The zero-order chi connectivity index (χ0) is 8.85. The van der Waals surface area contributed by atoms with Crippen molar-refractivity contribution >= 4 is 11.8 Å². The van der Waals surface area contributed by atoms with E-state index < -0.39 is 0 Å². The third kappa shape index (κ3) is 4.31. The van der Waals surface area contributed by atoms with Crippen LogP contribution in [-0.2, 0) is 0 Å². The monoisotopic (exact) mass is 170 g/mol. The van der Waals surface area contributed by atoms with Crippen LogP contribution in [0.4, 0.5) is 0 Å². The van der Waals surface area contributed by atoms with Gasteiger partial charge in [0.15, 0.2) is 0 Å². The second kappa shape index (κ2) is 5.48. The van der Waals surface area contributed by atoms with Crippen molar-refractivity contribution in [3.05, 3.63) is 25.3 Å². The van der Waals surface area contributed by atoms with Gasteiger partial charge in [-0.1, -0.05) is 32.9 Å². The summed E-state index contributed by atoms with van der Waals surface area (Å²) in [4.78, 5) is 0.